The van der Waals surface area contributed by atoms with Gasteiger partial charge in [0.1, 0.15) is 11.6 Å². The van der Waals surface area contributed by atoms with Gasteiger partial charge in [0, 0.05) is 37.2 Å². The number of hydrogen-bond acceptors (Lipinski definition) is 3. The van der Waals surface area contributed by atoms with Crippen LogP contribution in [0.5, 0.6) is 0 Å². The number of carbonyl (C=O) groups excluding carboxylic acids is 2. The van der Waals surface area contributed by atoms with Crippen molar-refractivity contribution in [2.24, 2.45) is 11.8 Å². The molecule has 1 fully saturated rings. The Morgan fingerprint density at radius 2 is 2.07 bits per heavy atom. The molecular weight excluding hydrogens is 343 g/mol. The fraction of sp³-hybridized carbons (Fsp3) is 0.409. The van der Waals surface area contributed by atoms with Gasteiger partial charge in [-0.1, -0.05) is 26.0 Å². The Labute approximate surface area is 159 Å². The van der Waals surface area contributed by atoms with Crippen LogP contribution in [-0.4, -0.2) is 34.7 Å². The Hall–Kier alpha value is -2.56. The highest BCUT2D eigenvalue weighted by Crippen LogP contribution is 2.23. The summed E-state index contributed by atoms with van der Waals surface area (Å²) < 4.78 is 13.4. The van der Waals surface area contributed by atoms with Crippen LogP contribution in [0.1, 0.15) is 43.5 Å². The van der Waals surface area contributed by atoms with E-state index in [2.05, 4.69) is 4.98 Å². The van der Waals surface area contributed by atoms with Gasteiger partial charge in [0.15, 0.2) is 0 Å². The van der Waals surface area contributed by atoms with Crippen LogP contribution in [-0.2, 0) is 4.79 Å². The number of hydrogen-bond donors (Lipinski definition) is 0. The Morgan fingerprint density at radius 1 is 1.26 bits per heavy atom. The number of halogens is 1. The van der Waals surface area contributed by atoms with E-state index in [1.807, 2.05) is 13.8 Å². The molecule has 5 heteroatoms. The molecule has 2 aromatic rings. The van der Waals surface area contributed by atoms with Gasteiger partial charge in [-0.25, -0.2) is 4.39 Å². The number of piperidine rings is 1. The van der Waals surface area contributed by atoms with Crippen molar-refractivity contribution in [1.82, 2.24) is 9.88 Å². The van der Waals surface area contributed by atoms with Gasteiger partial charge in [-0.3, -0.25) is 14.6 Å². The number of ketones is 1. The second kappa shape index (κ2) is 8.42. The van der Waals surface area contributed by atoms with Crippen molar-refractivity contribution in [3.8, 4) is 11.3 Å². The first-order valence-corrected chi connectivity index (χ1v) is 9.48. The molecular formula is C22H25FN2O2. The molecule has 0 bridgehead atoms. The summed E-state index contributed by atoms with van der Waals surface area (Å²) in [4.78, 5) is 31.2. The molecule has 0 saturated carbocycles. The Balaban J connectivity index is 1.69. The molecule has 1 saturated heterocycles. The summed E-state index contributed by atoms with van der Waals surface area (Å²) in [5.41, 5.74) is 1.79. The standard InChI is InChI=1S/C22H25FN2O2/c1-15(2)11-21(26)18-6-4-10-25(14-18)22(27)17-8-9-20(24-13-17)16-5-3-7-19(23)12-16/h3,5,7-9,12-13,15,18H,4,6,10-11,14H2,1-2H3/t18-/m0/s1. The van der Waals surface area contributed by atoms with Crippen molar-refractivity contribution >= 4 is 11.7 Å². The summed E-state index contributed by atoms with van der Waals surface area (Å²) in [6, 6.07) is 9.66. The third-order valence-corrected chi connectivity index (χ3v) is 4.90. The SMILES string of the molecule is CC(C)CC(=O)[C@H]1CCCN(C(=O)c2ccc(-c3cccc(F)c3)nc2)C1. The van der Waals surface area contributed by atoms with Crippen LogP contribution in [0.15, 0.2) is 42.6 Å². The largest absolute Gasteiger partial charge is 0.338 e. The van der Waals surface area contributed by atoms with E-state index in [-0.39, 0.29) is 23.4 Å². The lowest BCUT2D eigenvalue weighted by molar-refractivity contribution is -0.124. The summed E-state index contributed by atoms with van der Waals surface area (Å²) in [6.07, 6.45) is 3.79. The fourth-order valence-electron chi connectivity index (χ4n) is 3.51. The van der Waals surface area contributed by atoms with Gasteiger partial charge in [0.25, 0.3) is 5.91 Å². The maximum absolute atomic E-state index is 13.4. The molecule has 1 aromatic carbocycles. The normalized spacial score (nSPS) is 17.2. The monoisotopic (exact) mass is 368 g/mol. The van der Waals surface area contributed by atoms with Crippen molar-refractivity contribution in [2.45, 2.75) is 33.1 Å². The number of pyridine rings is 1. The van der Waals surface area contributed by atoms with Gasteiger partial charge in [-0.2, -0.15) is 0 Å². The van der Waals surface area contributed by atoms with Crippen LogP contribution >= 0.6 is 0 Å². The summed E-state index contributed by atoms with van der Waals surface area (Å²) >= 11 is 0. The van der Waals surface area contributed by atoms with Gasteiger partial charge < -0.3 is 4.90 Å². The highest BCUT2D eigenvalue weighted by atomic mass is 19.1. The average molecular weight is 368 g/mol. The first kappa shape index (κ1) is 19.2. The molecule has 2 heterocycles. The average Bonchev–Trinajstić information content (AvgIpc) is 2.67. The van der Waals surface area contributed by atoms with Crippen LogP contribution in [0.4, 0.5) is 4.39 Å². The summed E-state index contributed by atoms with van der Waals surface area (Å²) in [5, 5.41) is 0. The van der Waals surface area contributed by atoms with E-state index < -0.39 is 0 Å². The number of Topliss-reactive ketones (excluding diaryl/α,β-unsaturated/α-hetero) is 1. The number of likely N-dealkylation sites (tertiary alicyclic amines) is 1. The van der Waals surface area contributed by atoms with E-state index in [0.717, 1.165) is 12.8 Å². The molecule has 3 rings (SSSR count). The predicted octanol–water partition coefficient (Wildman–Crippen LogP) is 4.36. The van der Waals surface area contributed by atoms with E-state index in [1.165, 1.54) is 18.3 Å². The number of amides is 1. The molecule has 4 nitrogen and oxygen atoms in total. The van der Waals surface area contributed by atoms with Crippen molar-refractivity contribution in [1.29, 1.82) is 0 Å². The first-order chi connectivity index (χ1) is 12.9. The molecule has 27 heavy (non-hydrogen) atoms. The zero-order valence-electron chi connectivity index (χ0n) is 15.8. The molecule has 1 aliphatic heterocycles. The van der Waals surface area contributed by atoms with E-state index in [4.69, 9.17) is 0 Å². The number of nitrogens with zero attached hydrogens (tertiary/aromatic N) is 2. The van der Waals surface area contributed by atoms with Gasteiger partial charge in [-0.05, 0) is 43.0 Å². The molecule has 0 N–H and O–H groups in total. The number of rotatable bonds is 5. The molecule has 1 aliphatic rings. The topological polar surface area (TPSA) is 50.3 Å². The van der Waals surface area contributed by atoms with E-state index in [0.29, 0.717) is 42.2 Å². The second-order valence-corrected chi connectivity index (χ2v) is 7.60. The van der Waals surface area contributed by atoms with Gasteiger partial charge in [0.05, 0.1) is 11.3 Å². The Morgan fingerprint density at radius 3 is 2.74 bits per heavy atom. The lowest BCUT2D eigenvalue weighted by Crippen LogP contribution is -2.42. The maximum Gasteiger partial charge on any atom is 0.255 e. The first-order valence-electron chi connectivity index (χ1n) is 9.48. The van der Waals surface area contributed by atoms with Crippen LogP contribution in [0.25, 0.3) is 11.3 Å². The van der Waals surface area contributed by atoms with Gasteiger partial charge >= 0.3 is 0 Å². The highest BCUT2D eigenvalue weighted by Gasteiger charge is 2.29. The van der Waals surface area contributed by atoms with E-state index in [1.54, 1.807) is 29.2 Å². The summed E-state index contributed by atoms with van der Waals surface area (Å²) in [5.74, 6) is 0.102. The van der Waals surface area contributed by atoms with Crippen molar-refractivity contribution < 1.29 is 14.0 Å². The lowest BCUT2D eigenvalue weighted by atomic mass is 9.89. The molecule has 0 spiro atoms. The van der Waals surface area contributed by atoms with E-state index >= 15 is 0 Å². The second-order valence-electron chi connectivity index (χ2n) is 7.60. The number of carbonyl (C=O) groups is 2. The molecule has 1 atom stereocenters. The van der Waals surface area contributed by atoms with Crippen molar-refractivity contribution in [2.75, 3.05) is 13.1 Å². The zero-order chi connectivity index (χ0) is 19.4. The highest BCUT2D eigenvalue weighted by molar-refractivity contribution is 5.94. The quantitative estimate of drug-likeness (QED) is 0.788. The minimum atomic E-state index is -0.320. The third-order valence-electron chi connectivity index (χ3n) is 4.90. The summed E-state index contributed by atoms with van der Waals surface area (Å²) in [6.45, 7) is 5.22. The van der Waals surface area contributed by atoms with E-state index in [9.17, 15) is 14.0 Å². The van der Waals surface area contributed by atoms with Crippen LogP contribution in [0, 0.1) is 17.7 Å². The minimum absolute atomic E-state index is 0.0652. The van der Waals surface area contributed by atoms with Crippen LogP contribution in [0.3, 0.4) is 0 Å². The minimum Gasteiger partial charge on any atom is -0.338 e. The third kappa shape index (κ3) is 4.79. The Kier molecular flexibility index (Phi) is 5.99. The molecule has 1 aromatic heterocycles. The smallest absolute Gasteiger partial charge is 0.255 e. The zero-order valence-corrected chi connectivity index (χ0v) is 15.8. The maximum atomic E-state index is 13.4. The molecule has 0 unspecified atom stereocenters. The number of benzene rings is 1. The van der Waals surface area contributed by atoms with Gasteiger partial charge in [0.2, 0.25) is 0 Å². The Bertz CT molecular complexity index is 817. The fourth-order valence-corrected chi connectivity index (χ4v) is 3.51. The molecule has 142 valence electrons. The molecule has 0 aliphatic carbocycles. The molecule has 0 radical (unpaired) electrons. The van der Waals surface area contributed by atoms with Crippen molar-refractivity contribution in [3.05, 3.63) is 54.0 Å². The van der Waals surface area contributed by atoms with Crippen LogP contribution < -0.4 is 0 Å². The lowest BCUT2D eigenvalue weighted by Gasteiger charge is -2.32. The predicted molar refractivity (Wildman–Crippen MR) is 103 cm³/mol. The van der Waals surface area contributed by atoms with Crippen molar-refractivity contribution in [3.63, 3.8) is 0 Å². The van der Waals surface area contributed by atoms with Gasteiger partial charge in [-0.15, -0.1) is 0 Å². The molecule has 1 amide bonds. The summed E-state index contributed by atoms with van der Waals surface area (Å²) in [7, 11) is 0. The number of aromatic nitrogens is 1. The van der Waals surface area contributed by atoms with Crippen LogP contribution in [0.2, 0.25) is 0 Å².